The Balaban J connectivity index is 1.05. The highest BCUT2D eigenvalue weighted by Crippen LogP contribution is 2.35. The SMILES string of the molecule is Cn1c(=O)n(-c2ccccc2)c2cc(-c3ccc(-c4ccc(-c5cc(-c6ccccc6-c6ccccc6)nc(-c6ccccc6)n5)cc4)cc3)ccc21. The molecule has 2 aromatic heterocycles. The van der Waals surface area contributed by atoms with Crippen LogP contribution in [-0.4, -0.2) is 19.1 Å². The van der Waals surface area contributed by atoms with Crippen LogP contribution in [0.3, 0.4) is 0 Å². The molecule has 2 heterocycles. The van der Waals surface area contributed by atoms with Crippen molar-refractivity contribution in [2.75, 3.05) is 0 Å². The van der Waals surface area contributed by atoms with Gasteiger partial charge in [0.1, 0.15) is 0 Å². The molecule has 9 rings (SSSR count). The molecular weight excluding hydrogens is 649 g/mol. The molecule has 0 unspecified atom stereocenters. The Hall–Kier alpha value is -7.11. The number of aryl methyl sites for hydroxylation is 1. The van der Waals surface area contributed by atoms with E-state index in [1.165, 1.54) is 0 Å². The third-order valence-corrected chi connectivity index (χ3v) is 9.85. The van der Waals surface area contributed by atoms with Gasteiger partial charge in [0.05, 0.1) is 28.1 Å². The van der Waals surface area contributed by atoms with E-state index < -0.39 is 0 Å². The van der Waals surface area contributed by atoms with Crippen LogP contribution in [0.4, 0.5) is 0 Å². The van der Waals surface area contributed by atoms with Gasteiger partial charge in [-0.05, 0) is 63.7 Å². The predicted octanol–water partition coefficient (Wildman–Crippen LogP) is 11.1. The average molecular weight is 683 g/mol. The Morgan fingerprint density at radius 1 is 0.396 bits per heavy atom. The quantitative estimate of drug-likeness (QED) is 0.168. The van der Waals surface area contributed by atoms with Crippen molar-refractivity contribution in [3.8, 4) is 73.0 Å². The minimum absolute atomic E-state index is 0.0615. The standard InChI is InChI=1S/C48H34N4O/c1-51-45-30-29-39(31-46(45)52(48(51)53)40-17-9-4-10-18-40)35-23-21-33(22-24-35)34-25-27-37(28-26-34)43-32-44(50-47(49-43)38-15-7-3-8-16-38)42-20-12-11-19-41(42)36-13-5-2-6-14-36/h2-32H,1H3. The van der Waals surface area contributed by atoms with E-state index in [4.69, 9.17) is 9.97 Å². The summed E-state index contributed by atoms with van der Waals surface area (Å²) in [6, 6.07) is 64.3. The molecule has 0 fully saturated rings. The zero-order chi connectivity index (χ0) is 35.7. The molecule has 0 radical (unpaired) electrons. The summed E-state index contributed by atoms with van der Waals surface area (Å²) in [5.41, 5.74) is 14.0. The fourth-order valence-corrected chi connectivity index (χ4v) is 7.06. The van der Waals surface area contributed by atoms with Crippen LogP contribution in [0.1, 0.15) is 0 Å². The van der Waals surface area contributed by atoms with Gasteiger partial charge in [0.25, 0.3) is 0 Å². The van der Waals surface area contributed by atoms with E-state index in [-0.39, 0.29) is 5.69 Å². The first-order valence-corrected chi connectivity index (χ1v) is 17.7. The average Bonchev–Trinajstić information content (AvgIpc) is 3.49. The third kappa shape index (κ3) is 6.04. The number of benzene rings is 7. The third-order valence-electron chi connectivity index (χ3n) is 9.85. The summed E-state index contributed by atoms with van der Waals surface area (Å²) in [5.74, 6) is 0.690. The Morgan fingerprint density at radius 2 is 0.887 bits per heavy atom. The normalized spacial score (nSPS) is 11.2. The maximum atomic E-state index is 13.2. The smallest absolute Gasteiger partial charge is 0.295 e. The molecule has 0 aliphatic carbocycles. The summed E-state index contributed by atoms with van der Waals surface area (Å²) >= 11 is 0. The number of hydrogen-bond donors (Lipinski definition) is 0. The second kappa shape index (κ2) is 13.5. The summed E-state index contributed by atoms with van der Waals surface area (Å²) in [7, 11) is 1.82. The zero-order valence-corrected chi connectivity index (χ0v) is 29.1. The van der Waals surface area contributed by atoms with Crippen molar-refractivity contribution in [1.82, 2.24) is 19.1 Å². The highest BCUT2D eigenvalue weighted by atomic mass is 16.1. The van der Waals surface area contributed by atoms with Crippen molar-refractivity contribution in [3.63, 3.8) is 0 Å². The lowest BCUT2D eigenvalue weighted by atomic mass is 9.96. The van der Waals surface area contributed by atoms with Gasteiger partial charge in [-0.1, -0.05) is 158 Å². The lowest BCUT2D eigenvalue weighted by Crippen LogP contribution is -2.20. The molecular formula is C48H34N4O. The van der Waals surface area contributed by atoms with Gasteiger partial charge in [0.2, 0.25) is 0 Å². The first kappa shape index (κ1) is 31.8. The lowest BCUT2D eigenvalue weighted by molar-refractivity contribution is 0.846. The molecule has 0 amide bonds. The lowest BCUT2D eigenvalue weighted by Gasteiger charge is -2.13. The molecule has 53 heavy (non-hydrogen) atoms. The molecule has 0 atom stereocenters. The number of aromatic nitrogens is 4. The number of para-hydroxylation sites is 1. The number of fused-ring (bicyclic) bond motifs is 1. The van der Waals surface area contributed by atoms with E-state index in [9.17, 15) is 4.79 Å². The van der Waals surface area contributed by atoms with Crippen molar-refractivity contribution in [1.29, 1.82) is 0 Å². The second-order valence-corrected chi connectivity index (χ2v) is 13.1. The molecule has 0 aliphatic heterocycles. The van der Waals surface area contributed by atoms with E-state index in [1.807, 2.05) is 67.7 Å². The Kier molecular flexibility index (Phi) is 8.14. The van der Waals surface area contributed by atoms with Crippen molar-refractivity contribution in [2.45, 2.75) is 0 Å². The van der Waals surface area contributed by atoms with Crippen LogP contribution >= 0.6 is 0 Å². The predicted molar refractivity (Wildman–Crippen MR) is 217 cm³/mol. The van der Waals surface area contributed by atoms with E-state index in [0.717, 1.165) is 78.2 Å². The minimum Gasteiger partial charge on any atom is -0.295 e. The van der Waals surface area contributed by atoms with Gasteiger partial charge in [0, 0.05) is 23.7 Å². The molecule has 0 aliphatic rings. The van der Waals surface area contributed by atoms with Crippen molar-refractivity contribution < 1.29 is 0 Å². The number of imidazole rings is 1. The Labute approximate surface area is 307 Å². The van der Waals surface area contributed by atoms with Crippen LogP contribution < -0.4 is 5.69 Å². The summed E-state index contributed by atoms with van der Waals surface area (Å²) in [4.78, 5) is 23.4. The van der Waals surface area contributed by atoms with Crippen LogP contribution in [-0.2, 0) is 7.05 Å². The maximum absolute atomic E-state index is 13.2. The van der Waals surface area contributed by atoms with Gasteiger partial charge in [-0.25, -0.2) is 14.8 Å². The summed E-state index contributed by atoms with van der Waals surface area (Å²) in [6.45, 7) is 0. The van der Waals surface area contributed by atoms with Gasteiger partial charge >= 0.3 is 5.69 Å². The molecule has 0 bridgehead atoms. The van der Waals surface area contributed by atoms with Gasteiger partial charge in [-0.15, -0.1) is 0 Å². The van der Waals surface area contributed by atoms with Gasteiger partial charge in [0.15, 0.2) is 5.82 Å². The molecule has 5 heteroatoms. The van der Waals surface area contributed by atoms with E-state index >= 15 is 0 Å². The molecule has 0 saturated heterocycles. The number of hydrogen-bond acceptors (Lipinski definition) is 3. The fourth-order valence-electron chi connectivity index (χ4n) is 7.06. The van der Waals surface area contributed by atoms with Crippen molar-refractivity contribution in [2.24, 2.45) is 7.05 Å². The molecule has 5 nitrogen and oxygen atoms in total. The molecule has 9 aromatic rings. The first-order valence-electron chi connectivity index (χ1n) is 17.7. The van der Waals surface area contributed by atoms with Crippen molar-refractivity contribution >= 4 is 11.0 Å². The van der Waals surface area contributed by atoms with E-state index in [1.54, 1.807) is 9.13 Å². The Bertz CT molecular complexity index is 2770. The second-order valence-electron chi connectivity index (χ2n) is 13.1. The summed E-state index contributed by atoms with van der Waals surface area (Å²) < 4.78 is 3.48. The summed E-state index contributed by atoms with van der Waals surface area (Å²) in [6.07, 6.45) is 0. The molecule has 0 saturated carbocycles. The molecule has 0 N–H and O–H groups in total. The first-order chi connectivity index (χ1) is 26.1. The van der Waals surface area contributed by atoms with E-state index in [0.29, 0.717) is 5.82 Å². The van der Waals surface area contributed by atoms with Crippen LogP contribution in [0.15, 0.2) is 193 Å². The van der Waals surface area contributed by atoms with Crippen LogP contribution in [0.5, 0.6) is 0 Å². The number of rotatable bonds is 7. The van der Waals surface area contributed by atoms with Gasteiger partial charge in [-0.3, -0.25) is 9.13 Å². The highest BCUT2D eigenvalue weighted by Gasteiger charge is 2.16. The highest BCUT2D eigenvalue weighted by molar-refractivity contribution is 5.86. The fraction of sp³-hybridized carbons (Fsp3) is 0.0208. The van der Waals surface area contributed by atoms with E-state index in [2.05, 4.69) is 127 Å². The Morgan fingerprint density at radius 3 is 1.53 bits per heavy atom. The van der Waals surface area contributed by atoms with Crippen LogP contribution in [0, 0.1) is 0 Å². The summed E-state index contributed by atoms with van der Waals surface area (Å²) in [5, 5.41) is 0. The molecule has 7 aromatic carbocycles. The molecule has 0 spiro atoms. The topological polar surface area (TPSA) is 52.7 Å². The van der Waals surface area contributed by atoms with Crippen LogP contribution in [0.2, 0.25) is 0 Å². The van der Waals surface area contributed by atoms with Crippen LogP contribution in [0.25, 0.3) is 84.0 Å². The van der Waals surface area contributed by atoms with Gasteiger partial charge < -0.3 is 0 Å². The monoisotopic (exact) mass is 682 g/mol. The molecule has 252 valence electrons. The zero-order valence-electron chi connectivity index (χ0n) is 29.1. The van der Waals surface area contributed by atoms with Crippen molar-refractivity contribution in [3.05, 3.63) is 199 Å². The maximum Gasteiger partial charge on any atom is 0.333 e. The number of nitrogens with zero attached hydrogens (tertiary/aromatic N) is 4. The largest absolute Gasteiger partial charge is 0.333 e. The minimum atomic E-state index is -0.0615. The van der Waals surface area contributed by atoms with Gasteiger partial charge in [-0.2, -0.15) is 0 Å².